The minimum atomic E-state index is -0.842. The number of halogens is 2. The standard InChI is InChI=1S/C50H37F2NO4/c51-36-14-7-15-38-42(36)45(54)40(47(56-38)32-10-3-1-4-11-32)30-16-20-34(21-17-30)49(26-8-27-49)44-37(52)24-25-39-43(44)46(55)41(48(57-39)33-12-5-2-6-13-33)31-18-22-35(23-19-31)50(53)28-9-29-50/h1-7,10-25H,8-9,26-29,53H2. The van der Waals surface area contributed by atoms with E-state index in [1.165, 1.54) is 18.2 Å². The molecule has 6 aromatic carbocycles. The summed E-state index contributed by atoms with van der Waals surface area (Å²) in [5.74, 6) is -0.410. The van der Waals surface area contributed by atoms with E-state index in [1.54, 1.807) is 24.3 Å². The molecule has 0 aliphatic heterocycles. The van der Waals surface area contributed by atoms with Gasteiger partial charge in [-0.05, 0) is 78.6 Å². The monoisotopic (exact) mass is 753 g/mol. The maximum absolute atomic E-state index is 16.6. The Bertz CT molecular complexity index is 2960. The highest BCUT2D eigenvalue weighted by molar-refractivity contribution is 5.93. The predicted octanol–water partition coefficient (Wildman–Crippen LogP) is 11.7. The average molecular weight is 754 g/mol. The Kier molecular flexibility index (Phi) is 8.20. The molecule has 280 valence electrons. The molecule has 0 amide bonds. The van der Waals surface area contributed by atoms with Crippen LogP contribution in [0.2, 0.25) is 0 Å². The van der Waals surface area contributed by atoms with E-state index in [0.717, 1.165) is 42.4 Å². The lowest BCUT2D eigenvalue weighted by Gasteiger charge is -2.43. The van der Waals surface area contributed by atoms with E-state index in [2.05, 4.69) is 0 Å². The van der Waals surface area contributed by atoms with Gasteiger partial charge >= 0.3 is 0 Å². The molecule has 2 N–H and O–H groups in total. The smallest absolute Gasteiger partial charge is 0.204 e. The molecule has 0 atom stereocenters. The van der Waals surface area contributed by atoms with Crippen LogP contribution in [-0.2, 0) is 11.0 Å². The van der Waals surface area contributed by atoms with Crippen molar-refractivity contribution in [2.24, 2.45) is 5.73 Å². The van der Waals surface area contributed by atoms with Gasteiger partial charge in [-0.3, -0.25) is 9.59 Å². The molecule has 0 radical (unpaired) electrons. The van der Waals surface area contributed by atoms with Gasteiger partial charge in [-0.1, -0.05) is 122 Å². The summed E-state index contributed by atoms with van der Waals surface area (Å²) in [7, 11) is 0. The van der Waals surface area contributed by atoms with Crippen molar-refractivity contribution < 1.29 is 17.6 Å². The topological polar surface area (TPSA) is 86.4 Å². The number of hydrogen-bond donors (Lipinski definition) is 1. The molecule has 0 spiro atoms. The molecule has 8 aromatic rings. The number of nitrogens with two attached hydrogens (primary N) is 1. The second-order valence-corrected chi connectivity index (χ2v) is 15.5. The molecule has 0 bridgehead atoms. The van der Waals surface area contributed by atoms with Crippen molar-refractivity contribution in [1.82, 2.24) is 0 Å². The van der Waals surface area contributed by atoms with Crippen LogP contribution in [0.15, 0.2) is 158 Å². The minimum absolute atomic E-state index is 0.123. The zero-order valence-electron chi connectivity index (χ0n) is 31.0. The first-order chi connectivity index (χ1) is 27.8. The first-order valence-electron chi connectivity index (χ1n) is 19.4. The summed E-state index contributed by atoms with van der Waals surface area (Å²) < 4.78 is 44.7. The molecular formula is C50H37F2NO4. The van der Waals surface area contributed by atoms with Gasteiger partial charge in [0.05, 0.1) is 16.5 Å². The van der Waals surface area contributed by atoms with Gasteiger partial charge in [0.25, 0.3) is 0 Å². The van der Waals surface area contributed by atoms with Crippen molar-refractivity contribution in [1.29, 1.82) is 0 Å². The Hall–Kier alpha value is -6.44. The molecule has 10 rings (SSSR count). The van der Waals surface area contributed by atoms with Crippen molar-refractivity contribution in [2.75, 3.05) is 0 Å². The zero-order valence-corrected chi connectivity index (χ0v) is 31.0. The third kappa shape index (κ3) is 5.52. The van der Waals surface area contributed by atoms with Crippen molar-refractivity contribution in [3.05, 3.63) is 188 Å². The van der Waals surface area contributed by atoms with Crippen LogP contribution >= 0.6 is 0 Å². The Morgan fingerprint density at radius 2 is 0.982 bits per heavy atom. The third-order valence-electron chi connectivity index (χ3n) is 12.4. The van der Waals surface area contributed by atoms with Crippen LogP contribution in [0.3, 0.4) is 0 Å². The van der Waals surface area contributed by atoms with Crippen molar-refractivity contribution in [2.45, 2.75) is 49.5 Å². The lowest BCUT2D eigenvalue weighted by atomic mass is 9.59. The molecule has 57 heavy (non-hydrogen) atoms. The molecule has 2 heterocycles. The fourth-order valence-electron chi connectivity index (χ4n) is 9.02. The molecule has 2 aliphatic carbocycles. The van der Waals surface area contributed by atoms with Gasteiger partial charge in [-0.25, -0.2) is 8.78 Å². The maximum Gasteiger partial charge on any atom is 0.204 e. The molecule has 2 fully saturated rings. The summed E-state index contributed by atoms with van der Waals surface area (Å²) in [6, 6.07) is 41.2. The van der Waals surface area contributed by atoms with E-state index in [1.807, 2.05) is 97.1 Å². The van der Waals surface area contributed by atoms with Gasteiger partial charge in [0.1, 0.15) is 39.7 Å². The van der Waals surface area contributed by atoms with Crippen LogP contribution in [0, 0.1) is 11.6 Å². The third-order valence-corrected chi connectivity index (χ3v) is 12.4. The highest BCUT2D eigenvalue weighted by Crippen LogP contribution is 2.52. The number of hydrogen-bond acceptors (Lipinski definition) is 5. The largest absolute Gasteiger partial charge is 0.455 e. The molecule has 7 heteroatoms. The summed E-state index contributed by atoms with van der Waals surface area (Å²) >= 11 is 0. The van der Waals surface area contributed by atoms with Crippen LogP contribution in [0.25, 0.3) is 66.8 Å². The summed E-state index contributed by atoms with van der Waals surface area (Å²) in [5.41, 5.74) is 10.4. The Balaban J connectivity index is 1.15. The summed E-state index contributed by atoms with van der Waals surface area (Å²) in [5, 5.41) is 0.0889. The molecule has 0 saturated heterocycles. The SMILES string of the molecule is NC1(c2ccc(-c3c(-c4ccccc4)oc4ccc(F)c(C5(c6ccc(-c7c(-c8ccccc8)oc8cccc(F)c8c7=O)cc6)CCC5)c4c3=O)cc2)CCC1. The highest BCUT2D eigenvalue weighted by Gasteiger charge is 2.44. The van der Waals surface area contributed by atoms with E-state index in [9.17, 15) is 4.79 Å². The Morgan fingerprint density at radius 3 is 1.49 bits per heavy atom. The number of fused-ring (bicyclic) bond motifs is 2. The van der Waals surface area contributed by atoms with Gasteiger partial charge in [0, 0.05) is 27.6 Å². The molecule has 2 saturated carbocycles. The molecule has 5 nitrogen and oxygen atoms in total. The second kappa shape index (κ2) is 13.4. The van der Waals surface area contributed by atoms with Crippen LogP contribution < -0.4 is 16.6 Å². The normalized spacial score (nSPS) is 15.6. The fraction of sp³-hybridized carbons (Fsp3) is 0.160. The van der Waals surface area contributed by atoms with E-state index in [0.29, 0.717) is 57.8 Å². The average Bonchev–Trinajstić information content (AvgIpc) is 3.21. The van der Waals surface area contributed by atoms with Crippen LogP contribution in [0.4, 0.5) is 8.78 Å². The van der Waals surface area contributed by atoms with Gasteiger partial charge in [-0.15, -0.1) is 0 Å². The van der Waals surface area contributed by atoms with Crippen LogP contribution in [0.1, 0.15) is 55.2 Å². The molecule has 2 aromatic heterocycles. The second-order valence-electron chi connectivity index (χ2n) is 15.5. The lowest BCUT2D eigenvalue weighted by Crippen LogP contribution is -2.43. The Labute approximate surface area is 327 Å². The summed E-state index contributed by atoms with van der Waals surface area (Å²) in [6.45, 7) is 0. The van der Waals surface area contributed by atoms with Crippen molar-refractivity contribution >= 4 is 21.9 Å². The number of rotatable bonds is 7. The van der Waals surface area contributed by atoms with Gasteiger partial charge in [0.15, 0.2) is 0 Å². The number of benzene rings is 6. The predicted molar refractivity (Wildman–Crippen MR) is 221 cm³/mol. The molecule has 0 unspecified atom stereocenters. The first-order valence-corrected chi connectivity index (χ1v) is 19.4. The maximum atomic E-state index is 16.6. The first kappa shape index (κ1) is 35.0. The summed E-state index contributed by atoms with van der Waals surface area (Å²) in [6.07, 6.45) is 4.93. The highest BCUT2D eigenvalue weighted by atomic mass is 19.1. The summed E-state index contributed by atoms with van der Waals surface area (Å²) in [4.78, 5) is 29.2. The van der Waals surface area contributed by atoms with E-state index >= 15 is 13.6 Å². The van der Waals surface area contributed by atoms with E-state index < -0.39 is 22.5 Å². The van der Waals surface area contributed by atoms with E-state index in [4.69, 9.17) is 14.6 Å². The van der Waals surface area contributed by atoms with Crippen molar-refractivity contribution in [3.8, 4) is 44.9 Å². The van der Waals surface area contributed by atoms with Gasteiger partial charge in [0.2, 0.25) is 10.9 Å². The van der Waals surface area contributed by atoms with Crippen molar-refractivity contribution in [3.63, 3.8) is 0 Å². The van der Waals surface area contributed by atoms with Crippen LogP contribution in [-0.4, -0.2) is 0 Å². The lowest BCUT2D eigenvalue weighted by molar-refractivity contribution is 0.253. The fourth-order valence-corrected chi connectivity index (χ4v) is 9.02. The van der Waals surface area contributed by atoms with E-state index in [-0.39, 0.29) is 32.9 Å². The van der Waals surface area contributed by atoms with Gasteiger partial charge < -0.3 is 14.6 Å². The molecular weight excluding hydrogens is 717 g/mol. The molecule has 2 aliphatic rings. The van der Waals surface area contributed by atoms with Crippen LogP contribution in [0.5, 0.6) is 0 Å². The Morgan fingerprint density at radius 1 is 0.474 bits per heavy atom. The minimum Gasteiger partial charge on any atom is -0.455 e. The quantitative estimate of drug-likeness (QED) is 0.175. The van der Waals surface area contributed by atoms with Gasteiger partial charge in [-0.2, -0.15) is 0 Å². The zero-order chi connectivity index (χ0) is 38.9.